The summed E-state index contributed by atoms with van der Waals surface area (Å²) in [6.45, 7) is 3.90. The molecule has 0 radical (unpaired) electrons. The number of nitrogens with zero attached hydrogens (tertiary/aromatic N) is 4. The van der Waals surface area contributed by atoms with Crippen molar-refractivity contribution in [2.24, 2.45) is 5.92 Å². The molecule has 2 rings (SSSR count). The third-order valence-corrected chi connectivity index (χ3v) is 3.01. The zero-order valence-corrected chi connectivity index (χ0v) is 9.56. The lowest BCUT2D eigenvalue weighted by molar-refractivity contribution is 0.419. The summed E-state index contributed by atoms with van der Waals surface area (Å²) in [5.41, 5.74) is 0.939. The van der Waals surface area contributed by atoms with Crippen LogP contribution in [0.1, 0.15) is 25.0 Å². The summed E-state index contributed by atoms with van der Waals surface area (Å²) in [5, 5.41) is 17.0. The van der Waals surface area contributed by atoms with Gasteiger partial charge in [0.05, 0.1) is 11.8 Å². The first-order valence-electron chi connectivity index (χ1n) is 5.72. The molecule has 1 unspecified atom stereocenters. The van der Waals surface area contributed by atoms with Crippen molar-refractivity contribution in [1.82, 2.24) is 10.2 Å². The second-order valence-electron chi connectivity index (χ2n) is 4.35. The highest BCUT2D eigenvalue weighted by Crippen LogP contribution is 2.22. The van der Waals surface area contributed by atoms with Gasteiger partial charge in [-0.1, -0.05) is 0 Å². The molecule has 4 nitrogen and oxygen atoms in total. The fourth-order valence-electron chi connectivity index (χ4n) is 2.13. The van der Waals surface area contributed by atoms with Gasteiger partial charge in [0.1, 0.15) is 0 Å². The highest BCUT2D eigenvalue weighted by Gasteiger charge is 2.20. The van der Waals surface area contributed by atoms with E-state index in [2.05, 4.69) is 21.2 Å². The molecule has 1 aromatic heterocycles. The summed E-state index contributed by atoms with van der Waals surface area (Å²) in [7, 11) is 0. The SMILES string of the molecule is Cc1ccc(N2CCCC(CC#N)C2)nn1. The van der Waals surface area contributed by atoms with Crippen LogP contribution in [0.2, 0.25) is 0 Å². The summed E-state index contributed by atoms with van der Waals surface area (Å²) >= 11 is 0. The van der Waals surface area contributed by atoms with Gasteiger partial charge in [-0.05, 0) is 37.8 Å². The number of aromatic nitrogens is 2. The minimum Gasteiger partial charge on any atom is -0.355 e. The standard InChI is InChI=1S/C12H16N4/c1-10-4-5-12(15-14-10)16-8-2-3-11(9-16)6-7-13/h4-5,11H,2-3,6,8-9H2,1H3. The molecule has 1 aliphatic heterocycles. The summed E-state index contributed by atoms with van der Waals surface area (Å²) in [5.74, 6) is 1.43. The summed E-state index contributed by atoms with van der Waals surface area (Å²) < 4.78 is 0. The average Bonchev–Trinajstić information content (AvgIpc) is 2.31. The van der Waals surface area contributed by atoms with Gasteiger partial charge in [0, 0.05) is 19.5 Å². The van der Waals surface area contributed by atoms with Crippen LogP contribution in [-0.4, -0.2) is 23.3 Å². The maximum atomic E-state index is 8.72. The van der Waals surface area contributed by atoms with Crippen LogP contribution < -0.4 is 4.90 Å². The van der Waals surface area contributed by atoms with E-state index in [1.54, 1.807) is 0 Å². The van der Waals surface area contributed by atoms with Crippen molar-refractivity contribution < 1.29 is 0 Å². The second-order valence-corrected chi connectivity index (χ2v) is 4.35. The molecule has 0 spiro atoms. The lowest BCUT2D eigenvalue weighted by Crippen LogP contribution is -2.35. The average molecular weight is 216 g/mol. The van der Waals surface area contributed by atoms with Crippen molar-refractivity contribution >= 4 is 5.82 Å². The van der Waals surface area contributed by atoms with Crippen LogP contribution in [-0.2, 0) is 0 Å². The molecule has 0 aliphatic carbocycles. The Morgan fingerprint density at radius 3 is 3.06 bits per heavy atom. The van der Waals surface area contributed by atoms with E-state index < -0.39 is 0 Å². The third kappa shape index (κ3) is 2.48. The molecule has 0 saturated carbocycles. The highest BCUT2D eigenvalue weighted by atomic mass is 15.3. The third-order valence-electron chi connectivity index (χ3n) is 3.01. The highest BCUT2D eigenvalue weighted by molar-refractivity contribution is 5.37. The van der Waals surface area contributed by atoms with E-state index in [-0.39, 0.29) is 0 Å². The van der Waals surface area contributed by atoms with Gasteiger partial charge in [0.25, 0.3) is 0 Å². The molecule has 1 aromatic rings. The number of hydrogen-bond acceptors (Lipinski definition) is 4. The van der Waals surface area contributed by atoms with Gasteiger partial charge in [0.2, 0.25) is 0 Å². The molecule has 84 valence electrons. The molecule has 1 saturated heterocycles. The van der Waals surface area contributed by atoms with Crippen LogP contribution in [0, 0.1) is 24.2 Å². The van der Waals surface area contributed by atoms with E-state index >= 15 is 0 Å². The quantitative estimate of drug-likeness (QED) is 0.757. The Morgan fingerprint density at radius 2 is 2.38 bits per heavy atom. The molecule has 0 aromatic carbocycles. The topological polar surface area (TPSA) is 52.8 Å². The Kier molecular flexibility index (Phi) is 3.35. The number of anilines is 1. The first-order valence-corrected chi connectivity index (χ1v) is 5.72. The largest absolute Gasteiger partial charge is 0.355 e. The first-order chi connectivity index (χ1) is 7.79. The van der Waals surface area contributed by atoms with Gasteiger partial charge in [-0.25, -0.2) is 0 Å². The van der Waals surface area contributed by atoms with Gasteiger partial charge in [-0.3, -0.25) is 0 Å². The molecule has 1 fully saturated rings. The molecule has 0 bridgehead atoms. The van der Waals surface area contributed by atoms with Gasteiger partial charge in [-0.15, -0.1) is 5.10 Å². The van der Waals surface area contributed by atoms with Crippen LogP contribution in [0.25, 0.3) is 0 Å². The molecule has 2 heterocycles. The minimum absolute atomic E-state index is 0.488. The minimum atomic E-state index is 0.488. The maximum absolute atomic E-state index is 8.72. The number of piperidine rings is 1. The Hall–Kier alpha value is -1.63. The lowest BCUT2D eigenvalue weighted by atomic mass is 9.95. The van der Waals surface area contributed by atoms with E-state index in [0.29, 0.717) is 12.3 Å². The zero-order valence-electron chi connectivity index (χ0n) is 9.56. The van der Waals surface area contributed by atoms with Crippen LogP contribution in [0.5, 0.6) is 0 Å². The van der Waals surface area contributed by atoms with Crippen molar-refractivity contribution in [2.45, 2.75) is 26.2 Å². The Labute approximate surface area is 95.9 Å². The fraction of sp³-hybridized carbons (Fsp3) is 0.583. The number of aryl methyl sites for hydroxylation is 1. The van der Waals surface area contributed by atoms with Crippen LogP contribution in [0.3, 0.4) is 0 Å². The van der Waals surface area contributed by atoms with Gasteiger partial charge in [-0.2, -0.15) is 10.4 Å². The molecule has 1 atom stereocenters. The molecular formula is C12H16N4. The molecular weight excluding hydrogens is 200 g/mol. The Balaban J connectivity index is 2.04. The molecule has 0 N–H and O–H groups in total. The monoisotopic (exact) mass is 216 g/mol. The summed E-state index contributed by atoms with van der Waals surface area (Å²) in [6, 6.07) is 6.25. The number of hydrogen-bond donors (Lipinski definition) is 0. The Morgan fingerprint density at radius 1 is 1.50 bits per heavy atom. The molecule has 16 heavy (non-hydrogen) atoms. The van der Waals surface area contributed by atoms with Gasteiger partial charge < -0.3 is 4.90 Å². The van der Waals surface area contributed by atoms with Crippen LogP contribution >= 0.6 is 0 Å². The van der Waals surface area contributed by atoms with Gasteiger partial charge in [0.15, 0.2) is 5.82 Å². The molecule has 4 heteroatoms. The van der Waals surface area contributed by atoms with Crippen LogP contribution in [0.4, 0.5) is 5.82 Å². The second kappa shape index (κ2) is 4.93. The zero-order chi connectivity index (χ0) is 11.4. The van der Waals surface area contributed by atoms with Gasteiger partial charge >= 0.3 is 0 Å². The van der Waals surface area contributed by atoms with Crippen molar-refractivity contribution in [3.63, 3.8) is 0 Å². The van der Waals surface area contributed by atoms with E-state index in [0.717, 1.165) is 37.4 Å². The van der Waals surface area contributed by atoms with E-state index in [1.165, 1.54) is 0 Å². The number of nitriles is 1. The fourth-order valence-corrected chi connectivity index (χ4v) is 2.13. The lowest BCUT2D eigenvalue weighted by Gasteiger charge is -2.32. The first kappa shape index (κ1) is 10.9. The normalized spacial score (nSPS) is 20.5. The van der Waals surface area contributed by atoms with Crippen molar-refractivity contribution in [2.75, 3.05) is 18.0 Å². The van der Waals surface area contributed by atoms with E-state index in [9.17, 15) is 0 Å². The van der Waals surface area contributed by atoms with Crippen molar-refractivity contribution in [3.05, 3.63) is 17.8 Å². The number of rotatable bonds is 2. The summed E-state index contributed by atoms with van der Waals surface area (Å²) in [4.78, 5) is 2.23. The smallest absolute Gasteiger partial charge is 0.151 e. The maximum Gasteiger partial charge on any atom is 0.151 e. The summed E-state index contributed by atoms with van der Waals surface area (Å²) in [6.07, 6.45) is 2.95. The predicted molar refractivity (Wildman–Crippen MR) is 61.9 cm³/mol. The predicted octanol–water partition coefficient (Wildman–Crippen LogP) is 1.92. The van der Waals surface area contributed by atoms with E-state index in [4.69, 9.17) is 5.26 Å². The molecule has 0 amide bonds. The van der Waals surface area contributed by atoms with Crippen LogP contribution in [0.15, 0.2) is 12.1 Å². The Bertz CT molecular complexity index is 379. The van der Waals surface area contributed by atoms with E-state index in [1.807, 2.05) is 19.1 Å². The molecule has 1 aliphatic rings. The van der Waals surface area contributed by atoms with Crippen molar-refractivity contribution in [1.29, 1.82) is 5.26 Å². The van der Waals surface area contributed by atoms with Crippen molar-refractivity contribution in [3.8, 4) is 6.07 Å².